The molecule has 1 aliphatic rings. The summed E-state index contributed by atoms with van der Waals surface area (Å²) in [6.45, 7) is 8.76. The van der Waals surface area contributed by atoms with Crippen molar-refractivity contribution < 1.29 is 0 Å². The van der Waals surface area contributed by atoms with Crippen molar-refractivity contribution in [3.8, 4) is 0 Å². The summed E-state index contributed by atoms with van der Waals surface area (Å²) >= 11 is 1.70. The Morgan fingerprint density at radius 1 is 1.42 bits per heavy atom. The third-order valence-corrected chi connectivity index (χ3v) is 5.39. The van der Waals surface area contributed by atoms with E-state index in [0.29, 0.717) is 12.5 Å². The van der Waals surface area contributed by atoms with Crippen LogP contribution in [0.1, 0.15) is 35.4 Å². The molecule has 24 heavy (non-hydrogen) atoms. The average Bonchev–Trinajstić information content (AvgIpc) is 3.19. The van der Waals surface area contributed by atoms with Gasteiger partial charge in [0.15, 0.2) is 0 Å². The van der Waals surface area contributed by atoms with Gasteiger partial charge in [-0.15, -0.1) is 11.3 Å². The van der Waals surface area contributed by atoms with Gasteiger partial charge in [0.2, 0.25) is 0 Å². The number of aromatic nitrogens is 3. The maximum absolute atomic E-state index is 11.8. The maximum Gasteiger partial charge on any atom is 0.251 e. The van der Waals surface area contributed by atoms with E-state index in [0.717, 1.165) is 49.8 Å². The summed E-state index contributed by atoms with van der Waals surface area (Å²) in [5.74, 6) is 1.41. The highest BCUT2D eigenvalue weighted by atomic mass is 32.1. The van der Waals surface area contributed by atoms with E-state index in [1.807, 2.05) is 12.4 Å². The first-order chi connectivity index (χ1) is 11.6. The molecule has 1 unspecified atom stereocenters. The molecule has 0 spiro atoms. The van der Waals surface area contributed by atoms with Crippen molar-refractivity contribution in [2.45, 2.75) is 39.8 Å². The molecular weight excluding hydrogens is 322 g/mol. The lowest BCUT2D eigenvalue weighted by atomic mass is 10.1. The zero-order chi connectivity index (χ0) is 16.9. The van der Waals surface area contributed by atoms with E-state index in [4.69, 9.17) is 0 Å². The fraction of sp³-hybridized carbons (Fsp3) is 0.588. The molecule has 6 nitrogen and oxygen atoms in total. The quantitative estimate of drug-likeness (QED) is 0.798. The zero-order valence-corrected chi connectivity index (χ0v) is 15.2. The third-order valence-electron chi connectivity index (χ3n) is 4.47. The first-order valence-corrected chi connectivity index (χ1v) is 9.43. The summed E-state index contributed by atoms with van der Waals surface area (Å²) in [5, 5.41) is 3.43. The van der Waals surface area contributed by atoms with Gasteiger partial charge >= 0.3 is 0 Å². The van der Waals surface area contributed by atoms with Crippen LogP contribution in [0.5, 0.6) is 0 Å². The van der Waals surface area contributed by atoms with Gasteiger partial charge in [0, 0.05) is 29.7 Å². The largest absolute Gasteiger partial charge is 0.316 e. The Hall–Kier alpha value is -1.57. The van der Waals surface area contributed by atoms with Crippen LogP contribution in [0.3, 0.4) is 0 Å². The predicted molar refractivity (Wildman–Crippen MR) is 96.2 cm³/mol. The van der Waals surface area contributed by atoms with Crippen LogP contribution in [0.4, 0.5) is 0 Å². The Morgan fingerprint density at radius 3 is 2.96 bits per heavy atom. The minimum Gasteiger partial charge on any atom is -0.316 e. The van der Waals surface area contributed by atoms with Crippen molar-refractivity contribution in [1.29, 1.82) is 0 Å². The van der Waals surface area contributed by atoms with Gasteiger partial charge in [0.1, 0.15) is 5.82 Å². The topological polar surface area (TPSA) is 73.9 Å². The van der Waals surface area contributed by atoms with E-state index in [2.05, 4.69) is 32.1 Å². The van der Waals surface area contributed by atoms with E-state index in [1.165, 1.54) is 11.3 Å². The second kappa shape index (κ2) is 8.00. The normalized spacial score (nSPS) is 17.7. The summed E-state index contributed by atoms with van der Waals surface area (Å²) in [7, 11) is 0. The lowest BCUT2D eigenvalue weighted by Gasteiger charge is -2.24. The molecule has 3 heterocycles. The Bertz CT molecular complexity index is 720. The molecule has 1 saturated heterocycles. The molecule has 0 aromatic carbocycles. The molecule has 1 atom stereocenters. The summed E-state index contributed by atoms with van der Waals surface area (Å²) in [6, 6.07) is 1.59. The third kappa shape index (κ3) is 4.49. The molecule has 0 aliphatic carbocycles. The predicted octanol–water partition coefficient (Wildman–Crippen LogP) is 1.71. The fourth-order valence-corrected chi connectivity index (χ4v) is 3.95. The lowest BCUT2D eigenvalue weighted by Crippen LogP contribution is -2.31. The van der Waals surface area contributed by atoms with Crippen molar-refractivity contribution in [2.24, 2.45) is 5.92 Å². The standard InChI is InChI=1S/C17H25N5OS/c1-3-14-6-17(23)21-16(20-14)10-22(8-13-4-5-18-7-13)9-15-12(2)19-11-24-15/h6,11,13,18H,3-5,7-10H2,1-2H3,(H,20,21,23). The number of aryl methyl sites for hydroxylation is 2. The number of H-pyrrole nitrogens is 1. The molecule has 2 aromatic rings. The first kappa shape index (κ1) is 17.3. The summed E-state index contributed by atoms with van der Waals surface area (Å²) in [4.78, 5) is 27.4. The van der Waals surface area contributed by atoms with Crippen LogP contribution in [-0.4, -0.2) is 39.5 Å². The van der Waals surface area contributed by atoms with Crippen LogP contribution in [0.2, 0.25) is 0 Å². The van der Waals surface area contributed by atoms with Gasteiger partial charge in [-0.25, -0.2) is 9.97 Å². The Labute approximate surface area is 146 Å². The van der Waals surface area contributed by atoms with E-state index >= 15 is 0 Å². The highest BCUT2D eigenvalue weighted by Gasteiger charge is 2.20. The second-order valence-corrected chi connectivity index (χ2v) is 7.37. The number of nitrogens with one attached hydrogen (secondary N) is 2. The highest BCUT2D eigenvalue weighted by molar-refractivity contribution is 7.09. The monoisotopic (exact) mass is 347 g/mol. The number of aromatic amines is 1. The Morgan fingerprint density at radius 2 is 2.29 bits per heavy atom. The van der Waals surface area contributed by atoms with Gasteiger partial charge in [-0.2, -0.15) is 0 Å². The maximum atomic E-state index is 11.8. The van der Waals surface area contributed by atoms with Gasteiger partial charge in [-0.05, 0) is 38.8 Å². The second-order valence-electron chi connectivity index (χ2n) is 6.43. The highest BCUT2D eigenvalue weighted by Crippen LogP contribution is 2.19. The fourth-order valence-electron chi connectivity index (χ4n) is 3.13. The summed E-state index contributed by atoms with van der Waals surface area (Å²) in [6.07, 6.45) is 1.98. The molecule has 1 fully saturated rings. The van der Waals surface area contributed by atoms with Crippen LogP contribution in [0, 0.1) is 12.8 Å². The molecule has 0 amide bonds. The Balaban J connectivity index is 1.76. The summed E-state index contributed by atoms with van der Waals surface area (Å²) in [5.41, 5.74) is 3.79. The lowest BCUT2D eigenvalue weighted by molar-refractivity contribution is 0.216. The van der Waals surface area contributed by atoms with Crippen LogP contribution in [0.15, 0.2) is 16.4 Å². The first-order valence-electron chi connectivity index (χ1n) is 8.55. The number of rotatable bonds is 7. The molecule has 0 radical (unpaired) electrons. The van der Waals surface area contributed by atoms with E-state index in [-0.39, 0.29) is 5.56 Å². The van der Waals surface area contributed by atoms with Crippen LogP contribution >= 0.6 is 11.3 Å². The van der Waals surface area contributed by atoms with Crippen molar-refractivity contribution >= 4 is 11.3 Å². The van der Waals surface area contributed by atoms with Crippen molar-refractivity contribution in [3.05, 3.63) is 44.0 Å². The van der Waals surface area contributed by atoms with Crippen molar-refractivity contribution in [3.63, 3.8) is 0 Å². The Kier molecular flexibility index (Phi) is 5.76. The molecule has 130 valence electrons. The number of hydrogen-bond acceptors (Lipinski definition) is 6. The molecule has 3 rings (SSSR count). The molecule has 0 saturated carbocycles. The van der Waals surface area contributed by atoms with Crippen LogP contribution < -0.4 is 10.9 Å². The minimum absolute atomic E-state index is 0.0618. The summed E-state index contributed by atoms with van der Waals surface area (Å²) < 4.78 is 0. The van der Waals surface area contributed by atoms with E-state index < -0.39 is 0 Å². The number of thiazole rings is 1. The molecule has 7 heteroatoms. The van der Waals surface area contributed by atoms with Crippen LogP contribution in [0.25, 0.3) is 0 Å². The molecule has 2 aromatic heterocycles. The molecule has 0 bridgehead atoms. The zero-order valence-electron chi connectivity index (χ0n) is 14.3. The number of nitrogens with zero attached hydrogens (tertiary/aromatic N) is 3. The van der Waals surface area contributed by atoms with E-state index in [1.54, 1.807) is 17.4 Å². The van der Waals surface area contributed by atoms with Gasteiger partial charge in [0.05, 0.1) is 17.7 Å². The average molecular weight is 347 g/mol. The van der Waals surface area contributed by atoms with Gasteiger partial charge in [-0.3, -0.25) is 9.69 Å². The van der Waals surface area contributed by atoms with Gasteiger partial charge < -0.3 is 10.3 Å². The van der Waals surface area contributed by atoms with Gasteiger partial charge in [0.25, 0.3) is 5.56 Å². The minimum atomic E-state index is -0.0618. The molecule has 1 aliphatic heterocycles. The van der Waals surface area contributed by atoms with Crippen LogP contribution in [-0.2, 0) is 19.5 Å². The smallest absolute Gasteiger partial charge is 0.251 e. The van der Waals surface area contributed by atoms with Gasteiger partial charge in [-0.1, -0.05) is 6.92 Å². The van der Waals surface area contributed by atoms with E-state index in [9.17, 15) is 4.79 Å². The molecular formula is C17H25N5OS. The van der Waals surface area contributed by atoms with Crippen molar-refractivity contribution in [1.82, 2.24) is 25.2 Å². The SMILES string of the molecule is CCc1cc(=O)[nH]c(CN(Cc2scnc2C)CC2CCNC2)n1. The van der Waals surface area contributed by atoms with Crippen molar-refractivity contribution in [2.75, 3.05) is 19.6 Å². The number of hydrogen-bond donors (Lipinski definition) is 2. The molecule has 2 N–H and O–H groups in total.